The van der Waals surface area contributed by atoms with E-state index in [1.807, 2.05) is 29.8 Å². The van der Waals surface area contributed by atoms with Crippen molar-refractivity contribution in [2.45, 2.75) is 32.9 Å². The number of aryl methyl sites for hydroxylation is 3. The largest absolute Gasteiger partial charge is 0.378 e. The van der Waals surface area contributed by atoms with E-state index >= 15 is 0 Å². The summed E-state index contributed by atoms with van der Waals surface area (Å²) in [7, 11) is 0. The Morgan fingerprint density at radius 1 is 1.06 bits per heavy atom. The van der Waals surface area contributed by atoms with Crippen molar-refractivity contribution >= 4 is 23.2 Å². The van der Waals surface area contributed by atoms with Crippen LogP contribution in [0, 0.1) is 6.92 Å². The van der Waals surface area contributed by atoms with E-state index in [2.05, 4.69) is 17.1 Å². The fourth-order valence-electron chi connectivity index (χ4n) is 4.44. The van der Waals surface area contributed by atoms with Gasteiger partial charge < -0.3 is 14.5 Å². The van der Waals surface area contributed by atoms with E-state index in [9.17, 15) is 9.59 Å². The fraction of sp³-hybridized carbons (Fsp3) is 0.417. The molecule has 8 nitrogen and oxygen atoms in total. The summed E-state index contributed by atoms with van der Waals surface area (Å²) in [6.07, 6.45) is 1.50. The second kappa shape index (κ2) is 9.44. The van der Waals surface area contributed by atoms with E-state index in [1.54, 1.807) is 15.2 Å². The molecule has 0 radical (unpaired) electrons. The highest BCUT2D eigenvalue weighted by atomic mass is 32.1. The van der Waals surface area contributed by atoms with Crippen molar-refractivity contribution in [2.24, 2.45) is 0 Å². The number of ether oxygens (including phenoxy) is 1. The lowest BCUT2D eigenvalue weighted by molar-refractivity contribution is 0.0296. The number of rotatable bonds is 5. The third-order valence-corrected chi connectivity index (χ3v) is 6.99. The maximum atomic E-state index is 13.4. The van der Waals surface area contributed by atoms with Gasteiger partial charge >= 0.3 is 0 Å². The molecule has 0 spiro atoms. The predicted molar refractivity (Wildman–Crippen MR) is 124 cm³/mol. The van der Waals surface area contributed by atoms with Crippen LogP contribution in [0.15, 0.2) is 35.7 Å². The lowest BCUT2D eigenvalue weighted by Crippen LogP contribution is -2.42. The van der Waals surface area contributed by atoms with Crippen molar-refractivity contribution in [2.75, 3.05) is 32.8 Å². The lowest BCUT2D eigenvalue weighted by Gasteiger charge is -2.29. The molecule has 0 saturated carbocycles. The van der Waals surface area contributed by atoms with Crippen LogP contribution in [0.4, 0.5) is 0 Å². The first-order chi connectivity index (χ1) is 16.1. The first-order valence-corrected chi connectivity index (χ1v) is 12.2. The Balaban J connectivity index is 1.43. The summed E-state index contributed by atoms with van der Waals surface area (Å²) < 4.78 is 7.39. The predicted octanol–water partition coefficient (Wildman–Crippen LogP) is 2.56. The monoisotopic (exact) mass is 465 g/mol. The number of aromatic nitrogens is 3. The Bertz CT molecular complexity index is 1150. The van der Waals surface area contributed by atoms with Crippen LogP contribution in [0.25, 0.3) is 0 Å². The normalized spacial score (nSPS) is 16.0. The van der Waals surface area contributed by atoms with Crippen molar-refractivity contribution in [3.63, 3.8) is 0 Å². The molecule has 0 atom stereocenters. The van der Waals surface area contributed by atoms with Gasteiger partial charge in [0.05, 0.1) is 24.8 Å². The average molecular weight is 466 g/mol. The van der Waals surface area contributed by atoms with Crippen LogP contribution in [0.2, 0.25) is 0 Å². The molecule has 2 aliphatic heterocycles. The summed E-state index contributed by atoms with van der Waals surface area (Å²) in [5.74, 6) is -0.168. The van der Waals surface area contributed by atoms with Crippen LogP contribution >= 0.6 is 11.3 Å². The summed E-state index contributed by atoms with van der Waals surface area (Å²) in [5.41, 5.74) is 4.09. The molecule has 0 N–H and O–H groups in total. The Morgan fingerprint density at radius 3 is 2.58 bits per heavy atom. The zero-order valence-corrected chi connectivity index (χ0v) is 19.5. The Hall–Kier alpha value is -3.04. The first kappa shape index (κ1) is 21.8. The smallest absolute Gasteiger partial charge is 0.274 e. The number of morpholine rings is 1. The molecule has 3 aromatic rings. The van der Waals surface area contributed by atoms with Crippen molar-refractivity contribution in [3.05, 3.63) is 68.9 Å². The van der Waals surface area contributed by atoms with Gasteiger partial charge in [-0.3, -0.25) is 14.3 Å². The van der Waals surface area contributed by atoms with E-state index < -0.39 is 0 Å². The van der Waals surface area contributed by atoms with E-state index in [-0.39, 0.29) is 11.8 Å². The highest BCUT2D eigenvalue weighted by Crippen LogP contribution is 2.26. The Kier molecular flexibility index (Phi) is 6.24. The molecule has 0 unspecified atom stereocenters. The first-order valence-electron chi connectivity index (χ1n) is 11.3. The van der Waals surface area contributed by atoms with Gasteiger partial charge in [-0.15, -0.1) is 11.3 Å². The van der Waals surface area contributed by atoms with Crippen LogP contribution in [-0.2, 0) is 30.7 Å². The average Bonchev–Trinajstić information content (AvgIpc) is 3.46. The third kappa shape index (κ3) is 4.56. The molecular formula is C24H27N5O3S. The number of amides is 2. The second-order valence-corrected chi connectivity index (χ2v) is 9.43. The molecule has 5 rings (SSSR count). The SMILES string of the molecule is Cc1nc(C(=O)N2CCc3c(c(C(=O)N4CCOCC4)nn3CCc3ccccc3)C2)cs1. The van der Waals surface area contributed by atoms with Crippen molar-refractivity contribution < 1.29 is 14.3 Å². The molecule has 4 heterocycles. The molecule has 2 amide bonds. The standard InChI is InChI=1S/C24H27N5O3S/c1-17-25-20(16-33-17)23(30)28-9-8-21-19(15-28)22(24(31)27-11-13-32-14-12-27)26-29(21)10-7-18-5-3-2-4-6-18/h2-6,16H,7-15H2,1H3. The van der Waals surface area contributed by atoms with Gasteiger partial charge in [-0.25, -0.2) is 4.98 Å². The molecule has 1 saturated heterocycles. The van der Waals surface area contributed by atoms with Crippen molar-refractivity contribution in [1.82, 2.24) is 24.6 Å². The number of hydrogen-bond acceptors (Lipinski definition) is 6. The molecule has 2 aromatic heterocycles. The van der Waals surface area contributed by atoms with Gasteiger partial charge in [0.2, 0.25) is 0 Å². The number of nitrogens with zero attached hydrogens (tertiary/aromatic N) is 5. The van der Waals surface area contributed by atoms with Gasteiger partial charge in [0.25, 0.3) is 11.8 Å². The number of carbonyl (C=O) groups excluding carboxylic acids is 2. The van der Waals surface area contributed by atoms with Gasteiger partial charge in [0, 0.05) is 49.2 Å². The van der Waals surface area contributed by atoms with Gasteiger partial charge in [0.15, 0.2) is 5.69 Å². The van der Waals surface area contributed by atoms with E-state index in [0.717, 1.165) is 22.7 Å². The zero-order chi connectivity index (χ0) is 22.8. The number of fused-ring (bicyclic) bond motifs is 1. The number of carbonyl (C=O) groups is 2. The van der Waals surface area contributed by atoms with E-state index in [4.69, 9.17) is 9.84 Å². The van der Waals surface area contributed by atoms with E-state index in [1.165, 1.54) is 16.9 Å². The molecule has 172 valence electrons. The summed E-state index contributed by atoms with van der Waals surface area (Å²) >= 11 is 1.47. The van der Waals surface area contributed by atoms with Crippen LogP contribution in [0.3, 0.4) is 0 Å². The van der Waals surface area contributed by atoms with Crippen LogP contribution in [-0.4, -0.2) is 69.2 Å². The number of thiazole rings is 1. The minimum absolute atomic E-state index is 0.0770. The third-order valence-electron chi connectivity index (χ3n) is 6.22. The molecule has 0 aliphatic carbocycles. The molecule has 1 aromatic carbocycles. The maximum absolute atomic E-state index is 13.4. The molecule has 2 aliphatic rings. The second-order valence-electron chi connectivity index (χ2n) is 8.37. The summed E-state index contributed by atoms with van der Waals surface area (Å²) in [4.78, 5) is 34.4. The summed E-state index contributed by atoms with van der Waals surface area (Å²) in [5, 5.41) is 7.46. The number of hydrogen-bond donors (Lipinski definition) is 0. The van der Waals surface area contributed by atoms with Gasteiger partial charge in [0.1, 0.15) is 5.69 Å². The van der Waals surface area contributed by atoms with E-state index in [0.29, 0.717) is 63.7 Å². The van der Waals surface area contributed by atoms with Crippen LogP contribution in [0.5, 0.6) is 0 Å². The van der Waals surface area contributed by atoms with Crippen LogP contribution < -0.4 is 0 Å². The van der Waals surface area contributed by atoms with Gasteiger partial charge in [-0.1, -0.05) is 30.3 Å². The zero-order valence-electron chi connectivity index (χ0n) is 18.7. The summed E-state index contributed by atoms with van der Waals surface area (Å²) in [6, 6.07) is 10.3. The molecule has 1 fully saturated rings. The molecule has 0 bridgehead atoms. The molecule has 9 heteroatoms. The lowest BCUT2D eigenvalue weighted by atomic mass is 10.0. The van der Waals surface area contributed by atoms with Crippen LogP contribution in [0.1, 0.15) is 42.8 Å². The highest BCUT2D eigenvalue weighted by molar-refractivity contribution is 7.09. The van der Waals surface area contributed by atoms with Gasteiger partial charge in [-0.2, -0.15) is 5.10 Å². The topological polar surface area (TPSA) is 80.6 Å². The maximum Gasteiger partial charge on any atom is 0.274 e. The highest BCUT2D eigenvalue weighted by Gasteiger charge is 2.33. The Morgan fingerprint density at radius 2 is 1.85 bits per heavy atom. The minimum atomic E-state index is -0.0909. The van der Waals surface area contributed by atoms with Crippen molar-refractivity contribution in [1.29, 1.82) is 0 Å². The fourth-order valence-corrected chi connectivity index (χ4v) is 5.03. The molecular weight excluding hydrogens is 438 g/mol. The molecule has 33 heavy (non-hydrogen) atoms. The quantitative estimate of drug-likeness (QED) is 0.579. The van der Waals surface area contributed by atoms with Crippen molar-refractivity contribution in [3.8, 4) is 0 Å². The number of benzene rings is 1. The van der Waals surface area contributed by atoms with Gasteiger partial charge in [-0.05, 0) is 18.9 Å². The Labute approximate surface area is 196 Å². The summed E-state index contributed by atoms with van der Waals surface area (Å²) in [6.45, 7) is 5.75. The minimum Gasteiger partial charge on any atom is -0.378 e.